The Balaban J connectivity index is 2.74. The van der Waals surface area contributed by atoms with Crippen molar-refractivity contribution in [2.24, 2.45) is 0 Å². The Hall–Kier alpha value is -0.450. The van der Waals surface area contributed by atoms with Gasteiger partial charge in [0.15, 0.2) is 0 Å². The van der Waals surface area contributed by atoms with E-state index in [2.05, 4.69) is 15.9 Å². The third-order valence-corrected chi connectivity index (χ3v) is 2.97. The van der Waals surface area contributed by atoms with Crippen molar-refractivity contribution in [2.75, 3.05) is 13.2 Å². The number of aliphatic hydroxyl groups is 1. The number of hydrogen-bond acceptors (Lipinski definition) is 2. The predicted octanol–water partition coefficient (Wildman–Crippen LogP) is 2.92. The van der Waals surface area contributed by atoms with Crippen molar-refractivity contribution in [3.63, 3.8) is 0 Å². The summed E-state index contributed by atoms with van der Waals surface area (Å²) >= 11 is 3.33. The number of benzene rings is 1. The van der Waals surface area contributed by atoms with Gasteiger partial charge in [-0.15, -0.1) is 0 Å². The van der Waals surface area contributed by atoms with E-state index in [1.54, 1.807) is 13.0 Å². The van der Waals surface area contributed by atoms with Crippen LogP contribution in [0.4, 0.5) is 4.39 Å². The minimum absolute atomic E-state index is 0.243. The average molecular weight is 291 g/mol. The molecule has 1 atom stereocenters. The largest absolute Gasteiger partial charge is 0.387 e. The fourth-order valence-corrected chi connectivity index (χ4v) is 1.85. The van der Waals surface area contributed by atoms with E-state index in [1.165, 1.54) is 12.1 Å². The molecule has 4 heteroatoms. The van der Waals surface area contributed by atoms with Gasteiger partial charge in [-0.1, -0.05) is 15.9 Å². The predicted molar refractivity (Wildman–Crippen MR) is 64.9 cm³/mol. The Morgan fingerprint density at radius 2 is 2.19 bits per heavy atom. The van der Waals surface area contributed by atoms with Gasteiger partial charge in [-0.05, 0) is 37.6 Å². The second-order valence-corrected chi connectivity index (χ2v) is 4.90. The molecule has 0 saturated heterocycles. The first-order chi connectivity index (χ1) is 7.44. The monoisotopic (exact) mass is 290 g/mol. The zero-order chi connectivity index (χ0) is 12.2. The third-order valence-electron chi connectivity index (χ3n) is 2.20. The highest BCUT2D eigenvalue weighted by molar-refractivity contribution is 9.10. The van der Waals surface area contributed by atoms with Gasteiger partial charge in [-0.2, -0.15) is 0 Å². The molecule has 0 aromatic heterocycles. The smallest absolute Gasteiger partial charge is 0.123 e. The highest BCUT2D eigenvalue weighted by Crippen LogP contribution is 2.23. The van der Waals surface area contributed by atoms with Gasteiger partial charge in [-0.3, -0.25) is 0 Å². The van der Waals surface area contributed by atoms with Crippen LogP contribution in [0.3, 0.4) is 0 Å². The van der Waals surface area contributed by atoms with Crippen molar-refractivity contribution in [1.82, 2.24) is 0 Å². The van der Waals surface area contributed by atoms with E-state index in [9.17, 15) is 9.50 Å². The van der Waals surface area contributed by atoms with Crippen molar-refractivity contribution in [1.29, 1.82) is 0 Å². The fraction of sp³-hybridized carbons (Fsp3) is 0.500. The highest BCUT2D eigenvalue weighted by Gasteiger charge is 2.22. The van der Waals surface area contributed by atoms with Crippen LogP contribution in [0.2, 0.25) is 0 Å². The lowest BCUT2D eigenvalue weighted by molar-refractivity contribution is -0.0297. The van der Waals surface area contributed by atoms with Gasteiger partial charge in [0.2, 0.25) is 0 Å². The normalized spacial score (nSPS) is 14.8. The van der Waals surface area contributed by atoms with E-state index in [4.69, 9.17) is 4.74 Å². The van der Waals surface area contributed by atoms with Crippen LogP contribution in [0.1, 0.15) is 19.4 Å². The molecule has 1 unspecified atom stereocenters. The first-order valence-corrected chi connectivity index (χ1v) is 5.98. The Kier molecular flexibility index (Phi) is 4.89. The number of hydrogen-bond donors (Lipinski definition) is 1. The molecule has 0 spiro atoms. The van der Waals surface area contributed by atoms with Crippen molar-refractivity contribution in [2.45, 2.75) is 25.9 Å². The molecule has 0 fully saturated rings. The van der Waals surface area contributed by atoms with E-state index in [0.29, 0.717) is 13.0 Å². The molecule has 1 aromatic carbocycles. The minimum atomic E-state index is -0.980. The molecule has 0 aliphatic rings. The topological polar surface area (TPSA) is 29.5 Å². The van der Waals surface area contributed by atoms with E-state index in [1.807, 2.05) is 6.92 Å². The second-order valence-electron chi connectivity index (χ2n) is 4.05. The molecule has 0 amide bonds. The van der Waals surface area contributed by atoms with Crippen molar-refractivity contribution < 1.29 is 14.2 Å². The minimum Gasteiger partial charge on any atom is -0.387 e. The molecule has 0 saturated carbocycles. The van der Waals surface area contributed by atoms with Crippen LogP contribution in [0, 0.1) is 5.82 Å². The molecular formula is C12H16BrFO2. The van der Waals surface area contributed by atoms with Crippen LogP contribution in [-0.4, -0.2) is 23.9 Å². The first kappa shape index (κ1) is 13.6. The molecule has 1 rings (SSSR count). The Bertz CT molecular complexity index is 353. The van der Waals surface area contributed by atoms with Crippen LogP contribution >= 0.6 is 15.9 Å². The van der Waals surface area contributed by atoms with Crippen LogP contribution in [0.25, 0.3) is 0 Å². The SMILES string of the molecule is CCOCC(C)(O)Cc1cc(F)ccc1Br. The summed E-state index contributed by atoms with van der Waals surface area (Å²) in [6.07, 6.45) is 0.353. The maximum absolute atomic E-state index is 13.0. The molecule has 1 N–H and O–H groups in total. The molecule has 2 nitrogen and oxygen atoms in total. The zero-order valence-corrected chi connectivity index (χ0v) is 11.1. The summed E-state index contributed by atoms with van der Waals surface area (Å²) in [5, 5.41) is 10.0. The standard InChI is InChI=1S/C12H16BrFO2/c1-3-16-8-12(2,15)7-9-6-10(14)4-5-11(9)13/h4-6,15H,3,7-8H2,1-2H3. The molecule has 16 heavy (non-hydrogen) atoms. The maximum Gasteiger partial charge on any atom is 0.123 e. The number of rotatable bonds is 5. The molecule has 0 radical (unpaired) electrons. The summed E-state index contributed by atoms with van der Waals surface area (Å²) in [4.78, 5) is 0. The van der Waals surface area contributed by atoms with Crippen molar-refractivity contribution >= 4 is 15.9 Å². The molecule has 0 aliphatic carbocycles. The zero-order valence-electron chi connectivity index (χ0n) is 9.46. The van der Waals surface area contributed by atoms with Crippen LogP contribution < -0.4 is 0 Å². The fourth-order valence-electron chi connectivity index (χ4n) is 1.46. The maximum atomic E-state index is 13.0. The van der Waals surface area contributed by atoms with E-state index >= 15 is 0 Å². The summed E-state index contributed by atoms with van der Waals surface area (Å²) in [6, 6.07) is 4.44. The summed E-state index contributed by atoms with van der Waals surface area (Å²) in [5.74, 6) is -0.301. The third kappa shape index (κ3) is 4.20. The lowest BCUT2D eigenvalue weighted by Crippen LogP contribution is -2.33. The molecule has 0 bridgehead atoms. The molecular weight excluding hydrogens is 275 g/mol. The summed E-state index contributed by atoms with van der Waals surface area (Å²) in [7, 11) is 0. The van der Waals surface area contributed by atoms with Gasteiger partial charge in [0, 0.05) is 17.5 Å². The first-order valence-electron chi connectivity index (χ1n) is 5.18. The Morgan fingerprint density at radius 1 is 1.50 bits per heavy atom. The van der Waals surface area contributed by atoms with Crippen LogP contribution in [0.15, 0.2) is 22.7 Å². The van der Waals surface area contributed by atoms with Gasteiger partial charge in [-0.25, -0.2) is 4.39 Å². The van der Waals surface area contributed by atoms with Crippen LogP contribution in [-0.2, 0) is 11.2 Å². The van der Waals surface area contributed by atoms with Gasteiger partial charge in [0.05, 0.1) is 12.2 Å². The van der Waals surface area contributed by atoms with Gasteiger partial charge in [0.1, 0.15) is 5.82 Å². The van der Waals surface area contributed by atoms with Crippen molar-refractivity contribution in [3.05, 3.63) is 34.1 Å². The number of ether oxygens (including phenoxy) is 1. The molecule has 0 aliphatic heterocycles. The Morgan fingerprint density at radius 3 is 2.81 bits per heavy atom. The summed E-state index contributed by atoms with van der Waals surface area (Å²) in [6.45, 7) is 4.35. The molecule has 0 heterocycles. The van der Waals surface area contributed by atoms with Crippen LogP contribution in [0.5, 0.6) is 0 Å². The van der Waals surface area contributed by atoms with Crippen molar-refractivity contribution in [3.8, 4) is 0 Å². The molecule has 90 valence electrons. The van der Waals surface area contributed by atoms with E-state index in [-0.39, 0.29) is 12.4 Å². The second kappa shape index (κ2) is 5.75. The average Bonchev–Trinajstić information content (AvgIpc) is 2.20. The molecule has 1 aromatic rings. The van der Waals surface area contributed by atoms with Gasteiger partial charge < -0.3 is 9.84 Å². The Labute approximate surface area is 104 Å². The van der Waals surface area contributed by atoms with E-state index < -0.39 is 5.60 Å². The summed E-state index contributed by atoms with van der Waals surface area (Å²) < 4.78 is 19.0. The lowest BCUT2D eigenvalue weighted by Gasteiger charge is -2.23. The van der Waals surface area contributed by atoms with Gasteiger partial charge >= 0.3 is 0 Å². The van der Waals surface area contributed by atoms with Gasteiger partial charge in [0.25, 0.3) is 0 Å². The number of halogens is 2. The summed E-state index contributed by atoms with van der Waals surface area (Å²) in [5.41, 5.74) is -0.239. The highest BCUT2D eigenvalue weighted by atomic mass is 79.9. The quantitative estimate of drug-likeness (QED) is 0.904. The van der Waals surface area contributed by atoms with E-state index in [0.717, 1.165) is 10.0 Å². The lowest BCUT2D eigenvalue weighted by atomic mass is 9.97.